The number of ether oxygens (including phenoxy) is 1. The summed E-state index contributed by atoms with van der Waals surface area (Å²) in [4.78, 5) is 12.1. The molecule has 0 aliphatic carbocycles. The smallest absolute Gasteiger partial charge is 0.325 e. The Kier molecular flexibility index (Phi) is 7.45. The molecule has 0 fully saturated rings. The molecule has 0 N–H and O–H groups in total. The molecule has 30 heavy (non-hydrogen) atoms. The summed E-state index contributed by atoms with van der Waals surface area (Å²) in [7, 11) is -2.50. The molecule has 2 aromatic rings. The maximum Gasteiger partial charge on any atom is 0.325 e. The van der Waals surface area contributed by atoms with E-state index in [1.807, 2.05) is 31.2 Å². The summed E-state index contributed by atoms with van der Waals surface area (Å²) < 4.78 is 32.2. The fourth-order valence-electron chi connectivity index (χ4n) is 3.74. The second-order valence-electron chi connectivity index (χ2n) is 7.48. The molecule has 6 heteroatoms. The Labute approximate surface area is 179 Å². The molecule has 0 saturated carbocycles. The number of carbonyl (C=O) groups is 1. The van der Waals surface area contributed by atoms with E-state index in [1.165, 1.54) is 17.0 Å². The van der Waals surface area contributed by atoms with Gasteiger partial charge in [0.2, 0.25) is 10.0 Å². The number of hydrogen-bond acceptors (Lipinski definition) is 4. The monoisotopic (exact) mass is 427 g/mol. The van der Waals surface area contributed by atoms with Crippen molar-refractivity contribution in [2.24, 2.45) is 0 Å². The van der Waals surface area contributed by atoms with E-state index < -0.39 is 21.2 Å². The van der Waals surface area contributed by atoms with Crippen LogP contribution in [0.1, 0.15) is 38.2 Å². The van der Waals surface area contributed by atoms with Crippen LogP contribution in [-0.2, 0) is 19.6 Å². The van der Waals surface area contributed by atoms with Gasteiger partial charge >= 0.3 is 5.97 Å². The number of rotatable bonds is 8. The SMILES string of the molecule is CCCCC(C(=O)OC)S(=O)(=O)N1CC=C(c2ccc(-c3ccccc3)cc2)CC1. The highest BCUT2D eigenvalue weighted by molar-refractivity contribution is 7.90. The fourth-order valence-corrected chi connectivity index (χ4v) is 5.53. The number of methoxy groups -OCH3 is 1. The summed E-state index contributed by atoms with van der Waals surface area (Å²) in [5, 5.41) is -1.12. The van der Waals surface area contributed by atoms with Crippen molar-refractivity contribution < 1.29 is 17.9 Å². The quantitative estimate of drug-likeness (QED) is 0.582. The number of carbonyl (C=O) groups excluding carboxylic acids is 1. The molecule has 0 amide bonds. The normalized spacial score (nSPS) is 16.0. The molecule has 1 heterocycles. The van der Waals surface area contributed by atoms with Gasteiger partial charge < -0.3 is 4.74 Å². The van der Waals surface area contributed by atoms with Crippen LogP contribution in [0.4, 0.5) is 0 Å². The molecular weight excluding hydrogens is 398 g/mol. The number of nitrogens with zero attached hydrogens (tertiary/aromatic N) is 1. The van der Waals surface area contributed by atoms with E-state index in [-0.39, 0.29) is 6.54 Å². The Balaban J connectivity index is 1.73. The van der Waals surface area contributed by atoms with E-state index in [4.69, 9.17) is 4.74 Å². The lowest BCUT2D eigenvalue weighted by Crippen LogP contribution is -2.44. The van der Waals surface area contributed by atoms with Gasteiger partial charge in [-0.3, -0.25) is 4.79 Å². The first kappa shape index (κ1) is 22.2. The van der Waals surface area contributed by atoms with Crippen molar-refractivity contribution in [2.75, 3.05) is 20.2 Å². The van der Waals surface area contributed by atoms with E-state index in [1.54, 1.807) is 0 Å². The number of esters is 1. The molecule has 1 aliphatic rings. The standard InChI is InChI=1S/C24H29NO4S/c1-3-4-10-23(24(26)29-2)30(27,28)25-17-15-22(16-18-25)21-13-11-20(12-14-21)19-8-6-5-7-9-19/h5-9,11-15,23H,3-4,10,16-18H2,1-2H3. The Morgan fingerprint density at radius 1 is 1.03 bits per heavy atom. The second-order valence-corrected chi connectivity index (χ2v) is 9.60. The van der Waals surface area contributed by atoms with Gasteiger partial charge in [-0.1, -0.05) is 80.4 Å². The summed E-state index contributed by atoms with van der Waals surface area (Å²) >= 11 is 0. The van der Waals surface area contributed by atoms with Crippen LogP contribution in [0.5, 0.6) is 0 Å². The Bertz CT molecular complexity index is 982. The molecule has 1 aliphatic heterocycles. The van der Waals surface area contributed by atoms with Crippen molar-refractivity contribution in [3.63, 3.8) is 0 Å². The van der Waals surface area contributed by atoms with Gasteiger partial charge in [-0.2, -0.15) is 4.31 Å². The predicted molar refractivity (Wildman–Crippen MR) is 120 cm³/mol. The average molecular weight is 428 g/mol. The van der Waals surface area contributed by atoms with Gasteiger partial charge in [-0.15, -0.1) is 0 Å². The minimum absolute atomic E-state index is 0.276. The number of benzene rings is 2. The van der Waals surface area contributed by atoms with Crippen LogP contribution in [0, 0.1) is 0 Å². The van der Waals surface area contributed by atoms with Crippen LogP contribution < -0.4 is 0 Å². The highest BCUT2D eigenvalue weighted by atomic mass is 32.2. The molecule has 3 rings (SSSR count). The third-order valence-electron chi connectivity index (χ3n) is 5.54. The molecule has 1 unspecified atom stereocenters. The molecule has 0 spiro atoms. The van der Waals surface area contributed by atoms with Crippen LogP contribution >= 0.6 is 0 Å². The molecule has 0 aromatic heterocycles. The molecule has 160 valence electrons. The minimum Gasteiger partial charge on any atom is -0.468 e. The van der Waals surface area contributed by atoms with Gasteiger partial charge in [-0.05, 0) is 35.1 Å². The molecule has 1 atom stereocenters. The molecular formula is C24H29NO4S. The molecule has 0 bridgehead atoms. The van der Waals surface area contributed by atoms with E-state index in [0.717, 1.165) is 23.1 Å². The zero-order valence-electron chi connectivity index (χ0n) is 17.6. The maximum atomic E-state index is 13.0. The number of unbranched alkanes of at least 4 members (excludes halogenated alkanes) is 1. The number of hydrogen-bond donors (Lipinski definition) is 0. The molecule has 0 saturated heterocycles. The predicted octanol–water partition coefficient (Wildman–Crippen LogP) is 4.50. The van der Waals surface area contributed by atoms with E-state index >= 15 is 0 Å². The maximum absolute atomic E-state index is 13.0. The topological polar surface area (TPSA) is 63.7 Å². The van der Waals surface area contributed by atoms with E-state index in [0.29, 0.717) is 25.8 Å². The third kappa shape index (κ3) is 4.99. The summed E-state index contributed by atoms with van der Waals surface area (Å²) in [6.45, 7) is 2.62. The van der Waals surface area contributed by atoms with Crippen LogP contribution in [0.15, 0.2) is 60.7 Å². The molecule has 0 radical (unpaired) electrons. The fraction of sp³-hybridized carbons (Fsp3) is 0.375. The van der Waals surface area contributed by atoms with Gasteiger partial charge in [0.1, 0.15) is 0 Å². The van der Waals surface area contributed by atoms with Gasteiger partial charge in [0, 0.05) is 13.1 Å². The van der Waals surface area contributed by atoms with Crippen molar-refractivity contribution in [2.45, 2.75) is 37.9 Å². The molecule has 2 aromatic carbocycles. The summed E-state index contributed by atoms with van der Waals surface area (Å²) in [5.74, 6) is -0.672. The van der Waals surface area contributed by atoms with Gasteiger partial charge in [0.25, 0.3) is 0 Å². The van der Waals surface area contributed by atoms with E-state index in [9.17, 15) is 13.2 Å². The van der Waals surface area contributed by atoms with Crippen molar-refractivity contribution >= 4 is 21.6 Å². The zero-order valence-corrected chi connectivity index (χ0v) is 18.4. The van der Waals surface area contributed by atoms with Crippen LogP contribution in [-0.4, -0.2) is 44.1 Å². The largest absolute Gasteiger partial charge is 0.468 e. The Morgan fingerprint density at radius 2 is 1.67 bits per heavy atom. The lowest BCUT2D eigenvalue weighted by molar-refractivity contribution is -0.140. The summed E-state index contributed by atoms with van der Waals surface area (Å²) in [6.07, 6.45) is 4.35. The number of sulfonamides is 1. The van der Waals surface area contributed by atoms with Crippen molar-refractivity contribution in [1.29, 1.82) is 0 Å². The summed E-state index contributed by atoms with van der Waals surface area (Å²) in [5.41, 5.74) is 4.54. The van der Waals surface area contributed by atoms with Crippen LogP contribution in [0.25, 0.3) is 16.7 Å². The van der Waals surface area contributed by atoms with Crippen molar-refractivity contribution in [3.05, 3.63) is 66.2 Å². The first-order chi connectivity index (χ1) is 14.5. The average Bonchev–Trinajstić information content (AvgIpc) is 2.80. The van der Waals surface area contributed by atoms with Crippen LogP contribution in [0.2, 0.25) is 0 Å². The highest BCUT2D eigenvalue weighted by Gasteiger charge is 2.38. The van der Waals surface area contributed by atoms with Crippen molar-refractivity contribution in [1.82, 2.24) is 4.31 Å². The van der Waals surface area contributed by atoms with Gasteiger partial charge in [0.15, 0.2) is 5.25 Å². The Hall–Kier alpha value is -2.44. The Morgan fingerprint density at radius 3 is 2.23 bits per heavy atom. The lowest BCUT2D eigenvalue weighted by atomic mass is 9.97. The third-order valence-corrected chi connectivity index (χ3v) is 7.74. The summed E-state index contributed by atoms with van der Waals surface area (Å²) in [6, 6.07) is 18.5. The second kappa shape index (κ2) is 10.0. The van der Waals surface area contributed by atoms with Crippen LogP contribution in [0.3, 0.4) is 0 Å². The first-order valence-corrected chi connectivity index (χ1v) is 11.9. The van der Waals surface area contributed by atoms with Gasteiger partial charge in [0.05, 0.1) is 7.11 Å². The van der Waals surface area contributed by atoms with Gasteiger partial charge in [-0.25, -0.2) is 8.42 Å². The first-order valence-electron chi connectivity index (χ1n) is 10.4. The minimum atomic E-state index is -3.74. The van der Waals surface area contributed by atoms with E-state index in [2.05, 4.69) is 36.4 Å². The molecule has 5 nitrogen and oxygen atoms in total. The lowest BCUT2D eigenvalue weighted by Gasteiger charge is -2.29. The zero-order chi connectivity index (χ0) is 21.6. The van der Waals surface area contributed by atoms with Crippen molar-refractivity contribution in [3.8, 4) is 11.1 Å². The highest BCUT2D eigenvalue weighted by Crippen LogP contribution is 2.28.